The smallest absolute Gasteiger partial charge is 0.137 e. The number of pyridine rings is 1. The molecule has 0 amide bonds. The number of halogens is 1. The van der Waals surface area contributed by atoms with Crippen LogP contribution in [0.1, 0.15) is 16.1 Å². The van der Waals surface area contributed by atoms with Crippen molar-refractivity contribution in [2.45, 2.75) is 6.92 Å². The third kappa shape index (κ3) is 4.42. The first kappa shape index (κ1) is 21.1. The van der Waals surface area contributed by atoms with E-state index >= 15 is 0 Å². The lowest BCUT2D eigenvalue weighted by Gasteiger charge is -2.04. The third-order valence-corrected chi connectivity index (χ3v) is 6.57. The molecule has 0 aliphatic rings. The van der Waals surface area contributed by atoms with Gasteiger partial charge in [0.2, 0.25) is 0 Å². The van der Waals surface area contributed by atoms with Gasteiger partial charge in [0.1, 0.15) is 16.2 Å². The Labute approximate surface area is 201 Å². The fraction of sp³-hybridized carbons (Fsp3) is 0.0357. The summed E-state index contributed by atoms with van der Waals surface area (Å²) < 4.78 is 0. The van der Waals surface area contributed by atoms with E-state index < -0.39 is 0 Å². The number of fused-ring (bicyclic) bond motifs is 1. The molecule has 0 aliphatic carbocycles. The highest BCUT2D eigenvalue weighted by molar-refractivity contribution is 7.11. The molecule has 2 aromatic heterocycles. The number of benzene rings is 3. The van der Waals surface area contributed by atoms with Crippen molar-refractivity contribution >= 4 is 45.5 Å². The summed E-state index contributed by atoms with van der Waals surface area (Å²) in [6.07, 6.45) is 1.76. The van der Waals surface area contributed by atoms with Crippen LogP contribution >= 0.6 is 22.9 Å². The lowest BCUT2D eigenvalue weighted by atomic mass is 10.0. The Balaban J connectivity index is 1.45. The highest BCUT2D eigenvalue weighted by Gasteiger charge is 2.12. The fourth-order valence-electron chi connectivity index (χ4n) is 3.66. The van der Waals surface area contributed by atoms with Crippen molar-refractivity contribution in [1.29, 1.82) is 5.26 Å². The van der Waals surface area contributed by atoms with Gasteiger partial charge in [-0.05, 0) is 41.8 Å². The number of aryl methyl sites for hydroxylation is 1. The average Bonchev–Trinajstić information content (AvgIpc) is 3.33. The quantitative estimate of drug-likeness (QED) is 0.200. The van der Waals surface area contributed by atoms with Gasteiger partial charge < -0.3 is 0 Å². The number of nitrogens with zero attached hydrogens (tertiary/aromatic N) is 3. The minimum Gasteiger partial charge on any atom is -0.235 e. The summed E-state index contributed by atoms with van der Waals surface area (Å²) in [5, 5.41) is 13.8. The van der Waals surface area contributed by atoms with E-state index in [1.54, 1.807) is 6.08 Å². The maximum Gasteiger partial charge on any atom is 0.137 e. The third-order valence-electron chi connectivity index (χ3n) is 5.40. The van der Waals surface area contributed by atoms with Crippen molar-refractivity contribution in [1.82, 2.24) is 9.97 Å². The van der Waals surface area contributed by atoms with Crippen LogP contribution in [0.15, 0.2) is 84.2 Å². The van der Waals surface area contributed by atoms with Gasteiger partial charge in [0, 0.05) is 21.9 Å². The molecule has 3 aromatic carbocycles. The zero-order valence-electron chi connectivity index (χ0n) is 17.8. The van der Waals surface area contributed by atoms with Crippen LogP contribution in [0.4, 0.5) is 0 Å². The van der Waals surface area contributed by atoms with Crippen LogP contribution in [0.5, 0.6) is 0 Å². The lowest BCUT2D eigenvalue weighted by Crippen LogP contribution is -1.88. The molecule has 0 bridgehead atoms. The van der Waals surface area contributed by atoms with Gasteiger partial charge in [-0.1, -0.05) is 78.3 Å². The highest BCUT2D eigenvalue weighted by atomic mass is 35.5. The molecule has 0 spiro atoms. The number of thiazole rings is 1. The van der Waals surface area contributed by atoms with Crippen molar-refractivity contribution in [2.24, 2.45) is 0 Å². The topological polar surface area (TPSA) is 49.6 Å². The summed E-state index contributed by atoms with van der Waals surface area (Å²) in [4.78, 5) is 9.22. The van der Waals surface area contributed by atoms with Gasteiger partial charge in [-0.2, -0.15) is 5.26 Å². The molecule has 0 atom stereocenters. The van der Waals surface area contributed by atoms with Crippen LogP contribution in [-0.2, 0) is 0 Å². The molecule has 0 unspecified atom stereocenters. The van der Waals surface area contributed by atoms with Crippen molar-refractivity contribution in [3.63, 3.8) is 0 Å². The molecule has 5 heteroatoms. The Morgan fingerprint density at radius 1 is 0.909 bits per heavy atom. The number of hydrogen-bond acceptors (Lipinski definition) is 4. The first-order valence-corrected chi connectivity index (χ1v) is 11.7. The van der Waals surface area contributed by atoms with E-state index in [4.69, 9.17) is 16.6 Å². The van der Waals surface area contributed by atoms with Crippen molar-refractivity contribution in [3.05, 3.63) is 106 Å². The van der Waals surface area contributed by atoms with Crippen LogP contribution in [0.3, 0.4) is 0 Å². The van der Waals surface area contributed by atoms with Gasteiger partial charge in [0.25, 0.3) is 0 Å². The normalized spacial score (nSPS) is 11.5. The minimum absolute atomic E-state index is 0.370. The molecule has 5 aromatic rings. The Morgan fingerprint density at radius 2 is 1.64 bits per heavy atom. The maximum atomic E-state index is 9.81. The van der Waals surface area contributed by atoms with E-state index in [9.17, 15) is 5.26 Å². The molecule has 0 radical (unpaired) electrons. The highest BCUT2D eigenvalue weighted by Crippen LogP contribution is 2.30. The predicted octanol–water partition coefficient (Wildman–Crippen LogP) is 8.05. The number of allylic oxidation sites excluding steroid dienone is 1. The van der Waals surface area contributed by atoms with Crippen LogP contribution in [-0.4, -0.2) is 9.97 Å². The van der Waals surface area contributed by atoms with Crippen molar-refractivity contribution in [2.75, 3.05) is 0 Å². The van der Waals surface area contributed by atoms with E-state index in [0.717, 1.165) is 33.3 Å². The Kier molecular flexibility index (Phi) is 5.75. The summed E-state index contributed by atoms with van der Waals surface area (Å²) >= 11 is 7.87. The zero-order chi connectivity index (χ0) is 22.8. The van der Waals surface area contributed by atoms with Crippen LogP contribution < -0.4 is 0 Å². The molecule has 0 N–H and O–H groups in total. The predicted molar refractivity (Wildman–Crippen MR) is 138 cm³/mol. The Morgan fingerprint density at radius 3 is 2.39 bits per heavy atom. The second kappa shape index (κ2) is 8.99. The van der Waals surface area contributed by atoms with Crippen molar-refractivity contribution in [3.8, 4) is 28.5 Å². The molecule has 0 aliphatic heterocycles. The van der Waals surface area contributed by atoms with Crippen LogP contribution in [0.25, 0.3) is 44.9 Å². The summed E-state index contributed by atoms with van der Waals surface area (Å²) in [5.41, 5.74) is 7.31. The maximum absolute atomic E-state index is 9.81. The van der Waals surface area contributed by atoms with Gasteiger partial charge in [-0.15, -0.1) is 11.3 Å². The number of nitriles is 1. The molecule has 0 fully saturated rings. The van der Waals surface area contributed by atoms with Gasteiger partial charge in [0.15, 0.2) is 0 Å². The molecule has 0 saturated carbocycles. The molecule has 2 heterocycles. The van der Waals surface area contributed by atoms with Crippen LogP contribution in [0.2, 0.25) is 5.15 Å². The first-order chi connectivity index (χ1) is 16.1. The SMILES string of the molecule is Cc1ccc2cc(C=C(C#N)c3nc(-c4ccc(-c5ccccc5)cc4)cs3)c(Cl)nc2c1. The Hall–Kier alpha value is -3.78. The molecule has 33 heavy (non-hydrogen) atoms. The van der Waals surface area contributed by atoms with Crippen LogP contribution in [0, 0.1) is 18.3 Å². The molecular weight excluding hydrogens is 446 g/mol. The zero-order valence-corrected chi connectivity index (χ0v) is 19.4. The molecule has 158 valence electrons. The number of hydrogen-bond donors (Lipinski definition) is 0. The molecular formula is C28H18ClN3S. The van der Waals surface area contributed by atoms with E-state index in [1.807, 2.05) is 54.8 Å². The average molecular weight is 464 g/mol. The standard InChI is InChI=1S/C28H18ClN3S/c1-18-7-8-22-14-23(27(29)31-25(22)13-18)15-24(16-30)28-32-26(17-33-28)21-11-9-20(10-12-21)19-5-3-2-4-6-19/h2-15,17H,1H3. The van der Waals surface area contributed by atoms with E-state index in [2.05, 4.69) is 47.5 Å². The van der Waals surface area contributed by atoms with Gasteiger partial charge in [0.05, 0.1) is 16.8 Å². The van der Waals surface area contributed by atoms with Gasteiger partial charge in [-0.25, -0.2) is 9.97 Å². The molecule has 5 rings (SSSR count). The second-order valence-electron chi connectivity index (χ2n) is 7.72. The summed E-state index contributed by atoms with van der Waals surface area (Å²) in [6.45, 7) is 2.02. The van der Waals surface area contributed by atoms with E-state index in [-0.39, 0.29) is 0 Å². The first-order valence-electron chi connectivity index (χ1n) is 10.4. The monoisotopic (exact) mass is 463 g/mol. The molecule has 3 nitrogen and oxygen atoms in total. The fourth-order valence-corrected chi connectivity index (χ4v) is 4.66. The van der Waals surface area contributed by atoms with Crippen molar-refractivity contribution < 1.29 is 0 Å². The van der Waals surface area contributed by atoms with E-state index in [1.165, 1.54) is 16.9 Å². The summed E-state index contributed by atoms with van der Waals surface area (Å²) in [7, 11) is 0. The summed E-state index contributed by atoms with van der Waals surface area (Å²) in [6, 6.07) is 28.8. The van der Waals surface area contributed by atoms with E-state index in [0.29, 0.717) is 21.3 Å². The van der Waals surface area contributed by atoms with Gasteiger partial charge >= 0.3 is 0 Å². The largest absolute Gasteiger partial charge is 0.235 e. The Bertz CT molecular complexity index is 1530. The van der Waals surface area contributed by atoms with Gasteiger partial charge in [-0.3, -0.25) is 0 Å². The number of aromatic nitrogens is 2. The minimum atomic E-state index is 0.370. The number of rotatable bonds is 4. The summed E-state index contributed by atoms with van der Waals surface area (Å²) in [5.74, 6) is 0. The lowest BCUT2D eigenvalue weighted by molar-refractivity contribution is 1.36. The second-order valence-corrected chi connectivity index (χ2v) is 8.93. The molecule has 0 saturated heterocycles.